The topological polar surface area (TPSA) is 98.4 Å². The predicted molar refractivity (Wildman–Crippen MR) is 97.4 cm³/mol. The third kappa shape index (κ3) is 3.58. The fraction of sp³-hybridized carbons (Fsp3) is 0.444. The number of hydrogen-bond acceptors (Lipinski definition) is 5. The van der Waals surface area contributed by atoms with Crippen molar-refractivity contribution in [3.05, 3.63) is 42.7 Å². The van der Waals surface area contributed by atoms with Gasteiger partial charge in [-0.25, -0.2) is 10.1 Å². The Morgan fingerprint density at radius 3 is 2.62 bits per heavy atom. The Labute approximate surface area is 153 Å². The van der Waals surface area contributed by atoms with Crippen LogP contribution in [0, 0.1) is 11.3 Å². The van der Waals surface area contributed by atoms with Crippen LogP contribution >= 0.6 is 0 Å². The first-order chi connectivity index (χ1) is 12.5. The Kier molecular flexibility index (Phi) is 4.42. The number of nitrogens with zero attached hydrogens (tertiary/aromatic N) is 3. The average Bonchev–Trinajstić information content (AvgIpc) is 3.32. The minimum atomic E-state index is -3.56. The minimum absolute atomic E-state index is 0.212. The van der Waals surface area contributed by atoms with Crippen molar-refractivity contribution in [2.75, 3.05) is 19.7 Å². The SMILES string of the molecule is NS(=O)(=O)N1CCC2(CC1)C[C@H]2COc1cccc(-c2ccncc2)n1. The maximum Gasteiger partial charge on any atom is 0.276 e. The first-order valence-electron chi connectivity index (χ1n) is 8.74. The molecule has 8 heteroatoms. The Balaban J connectivity index is 1.34. The van der Waals surface area contributed by atoms with Crippen LogP contribution in [0.5, 0.6) is 5.88 Å². The smallest absolute Gasteiger partial charge is 0.276 e. The van der Waals surface area contributed by atoms with E-state index in [-0.39, 0.29) is 5.41 Å². The lowest BCUT2D eigenvalue weighted by molar-refractivity contribution is 0.205. The highest BCUT2D eigenvalue weighted by molar-refractivity contribution is 7.86. The maximum atomic E-state index is 11.4. The maximum absolute atomic E-state index is 11.4. The third-order valence-electron chi connectivity index (χ3n) is 5.57. The van der Waals surface area contributed by atoms with Gasteiger partial charge in [0.15, 0.2) is 0 Å². The first-order valence-corrected chi connectivity index (χ1v) is 10.2. The van der Waals surface area contributed by atoms with Crippen LogP contribution in [0.3, 0.4) is 0 Å². The molecule has 3 heterocycles. The number of piperidine rings is 1. The molecule has 0 aromatic carbocycles. The summed E-state index contributed by atoms with van der Waals surface area (Å²) in [4.78, 5) is 8.59. The molecule has 138 valence electrons. The second-order valence-corrected chi connectivity index (χ2v) is 8.66. The molecule has 0 unspecified atom stereocenters. The van der Waals surface area contributed by atoms with Crippen LogP contribution in [-0.4, -0.2) is 42.4 Å². The molecule has 0 amide bonds. The average molecular weight is 374 g/mol. The van der Waals surface area contributed by atoms with Crippen molar-refractivity contribution >= 4 is 10.2 Å². The van der Waals surface area contributed by atoms with Gasteiger partial charge in [0.1, 0.15) is 0 Å². The summed E-state index contributed by atoms with van der Waals surface area (Å²) in [5, 5.41) is 5.21. The zero-order chi connectivity index (χ0) is 18.2. The van der Waals surface area contributed by atoms with E-state index in [1.807, 2.05) is 30.3 Å². The molecule has 1 aliphatic heterocycles. The van der Waals surface area contributed by atoms with Gasteiger partial charge in [0.05, 0.1) is 12.3 Å². The molecule has 2 aromatic heterocycles. The molecule has 1 aliphatic carbocycles. The number of aromatic nitrogens is 2. The molecule has 0 bridgehead atoms. The molecule has 2 aromatic rings. The van der Waals surface area contributed by atoms with Gasteiger partial charge in [0, 0.05) is 37.1 Å². The number of nitrogens with two attached hydrogens (primary N) is 1. The van der Waals surface area contributed by atoms with Crippen molar-refractivity contribution in [3.63, 3.8) is 0 Å². The first kappa shape index (κ1) is 17.4. The van der Waals surface area contributed by atoms with Crippen molar-refractivity contribution in [1.29, 1.82) is 0 Å². The van der Waals surface area contributed by atoms with E-state index >= 15 is 0 Å². The summed E-state index contributed by atoms with van der Waals surface area (Å²) in [6, 6.07) is 9.58. The largest absolute Gasteiger partial charge is 0.477 e. The summed E-state index contributed by atoms with van der Waals surface area (Å²) >= 11 is 0. The van der Waals surface area contributed by atoms with E-state index in [4.69, 9.17) is 9.88 Å². The van der Waals surface area contributed by atoms with E-state index in [9.17, 15) is 8.42 Å². The van der Waals surface area contributed by atoms with Crippen molar-refractivity contribution in [1.82, 2.24) is 14.3 Å². The molecule has 2 aliphatic rings. The number of pyridine rings is 2. The molecule has 2 fully saturated rings. The molecule has 0 radical (unpaired) electrons. The molecule has 26 heavy (non-hydrogen) atoms. The van der Waals surface area contributed by atoms with Crippen LogP contribution in [0.4, 0.5) is 0 Å². The van der Waals surface area contributed by atoms with Crippen LogP contribution in [0.15, 0.2) is 42.7 Å². The third-order valence-corrected chi connectivity index (χ3v) is 6.65. The van der Waals surface area contributed by atoms with Gasteiger partial charge in [-0.1, -0.05) is 6.07 Å². The van der Waals surface area contributed by atoms with Crippen molar-refractivity contribution in [2.45, 2.75) is 19.3 Å². The predicted octanol–water partition coefficient (Wildman–Crippen LogP) is 1.83. The van der Waals surface area contributed by atoms with Gasteiger partial charge in [-0.15, -0.1) is 0 Å². The molecule has 2 N–H and O–H groups in total. The zero-order valence-electron chi connectivity index (χ0n) is 14.4. The van der Waals surface area contributed by atoms with Crippen LogP contribution in [0.2, 0.25) is 0 Å². The Morgan fingerprint density at radius 2 is 1.92 bits per heavy atom. The second-order valence-electron chi connectivity index (χ2n) is 7.12. The van der Waals surface area contributed by atoms with Crippen LogP contribution in [-0.2, 0) is 10.2 Å². The number of hydrogen-bond donors (Lipinski definition) is 1. The number of rotatable bonds is 5. The standard InChI is InChI=1S/C18H22N4O3S/c19-26(23,24)22-10-6-18(7-11-22)12-15(18)13-25-17-3-1-2-16(21-17)14-4-8-20-9-5-14/h1-5,8-9,15H,6-7,10-13H2,(H2,19,23,24)/t15-/m0/s1. The van der Waals surface area contributed by atoms with Gasteiger partial charge in [0.25, 0.3) is 10.2 Å². The van der Waals surface area contributed by atoms with Gasteiger partial charge in [-0.05, 0) is 48.8 Å². The highest BCUT2D eigenvalue weighted by Crippen LogP contribution is 2.59. The highest BCUT2D eigenvalue weighted by Gasteiger charge is 2.55. The summed E-state index contributed by atoms with van der Waals surface area (Å²) in [5.41, 5.74) is 2.07. The lowest BCUT2D eigenvalue weighted by Crippen LogP contribution is -2.43. The Hall–Kier alpha value is -2.03. The van der Waals surface area contributed by atoms with Crippen LogP contribution < -0.4 is 9.88 Å². The van der Waals surface area contributed by atoms with Gasteiger partial charge >= 0.3 is 0 Å². The van der Waals surface area contributed by atoms with E-state index in [1.54, 1.807) is 12.4 Å². The molecule has 1 spiro atoms. The van der Waals surface area contributed by atoms with Crippen molar-refractivity contribution in [2.24, 2.45) is 16.5 Å². The van der Waals surface area contributed by atoms with Gasteiger partial charge in [0.2, 0.25) is 5.88 Å². The summed E-state index contributed by atoms with van der Waals surface area (Å²) in [6.45, 7) is 1.62. The fourth-order valence-electron chi connectivity index (χ4n) is 3.83. The Morgan fingerprint density at radius 1 is 1.19 bits per heavy atom. The molecular formula is C18H22N4O3S. The van der Waals surface area contributed by atoms with E-state index in [1.165, 1.54) is 4.31 Å². The van der Waals surface area contributed by atoms with Crippen LogP contribution in [0.25, 0.3) is 11.3 Å². The van der Waals surface area contributed by atoms with Gasteiger partial charge in [-0.2, -0.15) is 12.7 Å². The second kappa shape index (κ2) is 6.61. The number of ether oxygens (including phenoxy) is 1. The Bertz CT molecular complexity index is 880. The molecule has 4 rings (SSSR count). The lowest BCUT2D eigenvalue weighted by atomic mass is 9.92. The molecule has 7 nitrogen and oxygen atoms in total. The van der Waals surface area contributed by atoms with E-state index < -0.39 is 10.2 Å². The zero-order valence-corrected chi connectivity index (χ0v) is 15.2. The molecular weight excluding hydrogens is 352 g/mol. The normalized spacial score (nSPS) is 22.3. The van der Waals surface area contributed by atoms with E-state index in [0.717, 1.165) is 30.5 Å². The fourth-order valence-corrected chi connectivity index (χ4v) is 4.52. The van der Waals surface area contributed by atoms with Gasteiger partial charge < -0.3 is 4.74 Å². The highest BCUT2D eigenvalue weighted by atomic mass is 32.2. The van der Waals surface area contributed by atoms with Crippen molar-refractivity contribution < 1.29 is 13.2 Å². The van der Waals surface area contributed by atoms with E-state index in [0.29, 0.717) is 31.5 Å². The quantitative estimate of drug-likeness (QED) is 0.861. The van der Waals surface area contributed by atoms with E-state index in [2.05, 4.69) is 9.97 Å². The molecule has 1 atom stereocenters. The summed E-state index contributed by atoms with van der Waals surface area (Å²) in [5.74, 6) is 1.07. The summed E-state index contributed by atoms with van der Waals surface area (Å²) < 4.78 is 30.2. The monoisotopic (exact) mass is 374 g/mol. The lowest BCUT2D eigenvalue weighted by Gasteiger charge is -2.30. The van der Waals surface area contributed by atoms with Gasteiger partial charge in [-0.3, -0.25) is 4.98 Å². The molecule has 1 saturated carbocycles. The molecule has 1 saturated heterocycles. The minimum Gasteiger partial charge on any atom is -0.477 e. The summed E-state index contributed by atoms with van der Waals surface area (Å²) in [6.07, 6.45) is 6.26. The summed E-state index contributed by atoms with van der Waals surface area (Å²) in [7, 11) is -3.56. The van der Waals surface area contributed by atoms with Crippen molar-refractivity contribution in [3.8, 4) is 17.1 Å². The van der Waals surface area contributed by atoms with Crippen LogP contribution in [0.1, 0.15) is 19.3 Å².